The van der Waals surface area contributed by atoms with Crippen LogP contribution in [0.5, 0.6) is 0 Å². The number of halogens is 1. The van der Waals surface area contributed by atoms with Crippen LogP contribution < -0.4 is 5.32 Å². The van der Waals surface area contributed by atoms with Crippen molar-refractivity contribution in [2.24, 2.45) is 5.92 Å². The maximum atomic E-state index is 12.6. The number of carbonyl (C=O) groups is 1. The Kier molecular flexibility index (Phi) is 6.27. The van der Waals surface area contributed by atoms with Gasteiger partial charge in [0.1, 0.15) is 0 Å². The van der Waals surface area contributed by atoms with Crippen molar-refractivity contribution in [3.8, 4) is 6.07 Å². The molecule has 0 bridgehead atoms. The maximum Gasteiger partial charge on any atom is 0.228 e. The second-order valence-corrected chi connectivity index (χ2v) is 7.09. The second-order valence-electron chi connectivity index (χ2n) is 6.69. The van der Waals surface area contributed by atoms with Crippen molar-refractivity contribution in [2.45, 2.75) is 25.8 Å². The molecule has 3 rings (SSSR count). The molecule has 1 amide bonds. The van der Waals surface area contributed by atoms with Gasteiger partial charge in [0.15, 0.2) is 0 Å². The van der Waals surface area contributed by atoms with E-state index in [4.69, 9.17) is 16.9 Å². The number of nitrogens with one attached hydrogen (secondary N) is 1. The van der Waals surface area contributed by atoms with E-state index in [0.717, 1.165) is 54.3 Å². The first-order chi connectivity index (χ1) is 12.7. The highest BCUT2D eigenvalue weighted by Crippen LogP contribution is 2.23. The minimum atomic E-state index is -0.0231. The lowest BCUT2D eigenvalue weighted by Gasteiger charge is -2.32. The Morgan fingerprint density at radius 2 is 2.00 bits per heavy atom. The largest absolute Gasteiger partial charge is 0.326 e. The molecule has 1 heterocycles. The smallest absolute Gasteiger partial charge is 0.228 e. The number of anilines is 1. The number of nitrogens with zero attached hydrogens (tertiary/aromatic N) is 2. The normalized spacial score (nSPS) is 17.5. The highest BCUT2D eigenvalue weighted by atomic mass is 35.5. The Bertz CT molecular complexity index is 798. The summed E-state index contributed by atoms with van der Waals surface area (Å²) in [5.74, 6) is 0.0342. The fourth-order valence-electron chi connectivity index (χ4n) is 3.32. The molecule has 1 saturated heterocycles. The van der Waals surface area contributed by atoms with Crippen molar-refractivity contribution in [2.75, 3.05) is 18.4 Å². The lowest BCUT2D eigenvalue weighted by atomic mass is 9.96. The number of nitriles is 1. The minimum absolute atomic E-state index is 0.0231. The van der Waals surface area contributed by atoms with E-state index in [0.29, 0.717) is 6.42 Å². The Morgan fingerprint density at radius 1 is 1.23 bits per heavy atom. The SMILES string of the molecule is N#CCc1ccc(NC(=O)[C@H]2CCCN(Cc3ccccc3Cl)C2)cc1. The van der Waals surface area contributed by atoms with Crippen LogP contribution in [-0.2, 0) is 17.8 Å². The monoisotopic (exact) mass is 367 g/mol. The summed E-state index contributed by atoms with van der Waals surface area (Å²) in [6, 6.07) is 17.5. The summed E-state index contributed by atoms with van der Waals surface area (Å²) in [6.45, 7) is 2.49. The van der Waals surface area contributed by atoms with Crippen LogP contribution in [0.3, 0.4) is 0 Å². The van der Waals surface area contributed by atoms with Gasteiger partial charge in [0.2, 0.25) is 5.91 Å². The molecule has 1 fully saturated rings. The zero-order valence-corrected chi connectivity index (χ0v) is 15.4. The summed E-state index contributed by atoms with van der Waals surface area (Å²) in [5, 5.41) is 12.5. The fourth-order valence-corrected chi connectivity index (χ4v) is 3.52. The van der Waals surface area contributed by atoms with Crippen molar-refractivity contribution in [3.63, 3.8) is 0 Å². The number of hydrogen-bond acceptors (Lipinski definition) is 3. The molecule has 0 aliphatic carbocycles. The van der Waals surface area contributed by atoms with Gasteiger partial charge < -0.3 is 5.32 Å². The van der Waals surface area contributed by atoms with Gasteiger partial charge in [-0.3, -0.25) is 9.69 Å². The third kappa shape index (κ3) is 4.85. The average Bonchev–Trinajstić information content (AvgIpc) is 2.66. The number of carbonyl (C=O) groups excluding carboxylic acids is 1. The zero-order valence-electron chi connectivity index (χ0n) is 14.6. The molecule has 0 aromatic heterocycles. The third-order valence-corrected chi connectivity index (χ3v) is 5.10. The molecule has 1 aliphatic rings. The Hall–Kier alpha value is -2.35. The lowest BCUT2D eigenvalue weighted by Crippen LogP contribution is -2.40. The first kappa shape index (κ1) is 18.4. The van der Waals surface area contributed by atoms with Gasteiger partial charge in [-0.2, -0.15) is 5.26 Å². The van der Waals surface area contributed by atoms with E-state index in [1.807, 2.05) is 48.5 Å². The molecule has 1 atom stereocenters. The van der Waals surface area contributed by atoms with Gasteiger partial charge in [-0.1, -0.05) is 41.9 Å². The standard InChI is InChI=1S/C21H22ClN3O/c22-20-6-2-1-4-17(20)14-25-13-3-5-18(15-25)21(26)24-19-9-7-16(8-10-19)11-12-23/h1-2,4,6-10,18H,3,5,11,13-15H2,(H,24,26)/t18-/m0/s1. The molecule has 134 valence electrons. The summed E-state index contributed by atoms with van der Waals surface area (Å²) in [5.41, 5.74) is 2.83. The number of amides is 1. The Labute approximate surface area is 159 Å². The summed E-state index contributed by atoms with van der Waals surface area (Å²) in [4.78, 5) is 14.9. The summed E-state index contributed by atoms with van der Waals surface area (Å²) >= 11 is 6.26. The molecular weight excluding hydrogens is 346 g/mol. The highest BCUT2D eigenvalue weighted by Gasteiger charge is 2.26. The maximum absolute atomic E-state index is 12.6. The van der Waals surface area contributed by atoms with Crippen LogP contribution in [-0.4, -0.2) is 23.9 Å². The first-order valence-corrected chi connectivity index (χ1v) is 9.26. The van der Waals surface area contributed by atoms with Crippen molar-refractivity contribution in [1.29, 1.82) is 5.26 Å². The average molecular weight is 368 g/mol. The number of benzene rings is 2. The highest BCUT2D eigenvalue weighted by molar-refractivity contribution is 6.31. The quantitative estimate of drug-likeness (QED) is 0.859. The Balaban J connectivity index is 1.57. The number of likely N-dealkylation sites (tertiary alicyclic amines) is 1. The Morgan fingerprint density at radius 3 is 2.73 bits per heavy atom. The van der Waals surface area contributed by atoms with E-state index >= 15 is 0 Å². The predicted molar refractivity (Wildman–Crippen MR) is 104 cm³/mol. The van der Waals surface area contributed by atoms with Gasteiger partial charge in [0, 0.05) is 23.8 Å². The van der Waals surface area contributed by atoms with Crippen molar-refractivity contribution >= 4 is 23.2 Å². The molecule has 4 nitrogen and oxygen atoms in total. The van der Waals surface area contributed by atoms with E-state index in [2.05, 4.69) is 16.3 Å². The van der Waals surface area contributed by atoms with E-state index in [1.54, 1.807) is 0 Å². The topological polar surface area (TPSA) is 56.1 Å². The van der Waals surface area contributed by atoms with Crippen LogP contribution in [0.25, 0.3) is 0 Å². The molecular formula is C21H22ClN3O. The molecule has 0 unspecified atom stereocenters. The van der Waals surface area contributed by atoms with Crippen molar-refractivity contribution < 1.29 is 4.79 Å². The molecule has 0 saturated carbocycles. The van der Waals surface area contributed by atoms with E-state index in [9.17, 15) is 4.79 Å². The number of piperidine rings is 1. The van der Waals surface area contributed by atoms with Crippen LogP contribution in [0.1, 0.15) is 24.0 Å². The van der Waals surface area contributed by atoms with E-state index in [-0.39, 0.29) is 11.8 Å². The van der Waals surface area contributed by atoms with Crippen LogP contribution in [0.2, 0.25) is 5.02 Å². The molecule has 26 heavy (non-hydrogen) atoms. The van der Waals surface area contributed by atoms with E-state index < -0.39 is 0 Å². The summed E-state index contributed by atoms with van der Waals surface area (Å²) < 4.78 is 0. The lowest BCUT2D eigenvalue weighted by molar-refractivity contribution is -0.121. The van der Waals surface area contributed by atoms with Crippen LogP contribution in [0, 0.1) is 17.2 Å². The first-order valence-electron chi connectivity index (χ1n) is 8.88. The van der Waals surface area contributed by atoms with Gasteiger partial charge >= 0.3 is 0 Å². The van der Waals surface area contributed by atoms with Crippen molar-refractivity contribution in [1.82, 2.24) is 4.90 Å². The second kappa shape index (κ2) is 8.84. The van der Waals surface area contributed by atoms with Gasteiger partial charge in [-0.15, -0.1) is 0 Å². The fraction of sp³-hybridized carbons (Fsp3) is 0.333. The van der Waals surface area contributed by atoms with E-state index in [1.165, 1.54) is 0 Å². The minimum Gasteiger partial charge on any atom is -0.326 e. The molecule has 5 heteroatoms. The van der Waals surface area contributed by atoms with Gasteiger partial charge in [-0.05, 0) is 48.7 Å². The third-order valence-electron chi connectivity index (χ3n) is 4.73. The van der Waals surface area contributed by atoms with Gasteiger partial charge in [0.25, 0.3) is 0 Å². The molecule has 0 spiro atoms. The van der Waals surface area contributed by atoms with Crippen LogP contribution in [0.15, 0.2) is 48.5 Å². The van der Waals surface area contributed by atoms with Crippen LogP contribution >= 0.6 is 11.6 Å². The zero-order chi connectivity index (χ0) is 18.4. The summed E-state index contributed by atoms with van der Waals surface area (Å²) in [7, 11) is 0. The molecule has 1 aliphatic heterocycles. The molecule has 1 N–H and O–H groups in total. The predicted octanol–water partition coefficient (Wildman–Crippen LogP) is 4.26. The number of rotatable bonds is 5. The van der Waals surface area contributed by atoms with Gasteiger partial charge in [-0.25, -0.2) is 0 Å². The van der Waals surface area contributed by atoms with Crippen molar-refractivity contribution in [3.05, 3.63) is 64.7 Å². The molecule has 2 aromatic rings. The summed E-state index contributed by atoms with van der Waals surface area (Å²) in [6.07, 6.45) is 2.29. The number of hydrogen-bond donors (Lipinski definition) is 1. The van der Waals surface area contributed by atoms with Gasteiger partial charge in [0.05, 0.1) is 18.4 Å². The van der Waals surface area contributed by atoms with Crippen LogP contribution in [0.4, 0.5) is 5.69 Å². The molecule has 2 aromatic carbocycles. The molecule has 0 radical (unpaired) electrons.